The van der Waals surface area contributed by atoms with E-state index in [0.29, 0.717) is 37.4 Å². The number of hydrogen-bond donors (Lipinski definition) is 2. The average Bonchev–Trinajstić information content (AvgIpc) is 3.48. The van der Waals surface area contributed by atoms with Gasteiger partial charge in [0.05, 0.1) is 32.2 Å². The number of likely N-dealkylation sites (tertiary alicyclic amines) is 1. The van der Waals surface area contributed by atoms with Crippen molar-refractivity contribution in [2.24, 2.45) is 17.6 Å². The van der Waals surface area contributed by atoms with E-state index >= 15 is 0 Å². The van der Waals surface area contributed by atoms with E-state index in [1.54, 1.807) is 0 Å². The number of primary amides is 1. The van der Waals surface area contributed by atoms with E-state index in [1.165, 1.54) is 0 Å². The molecule has 1 aliphatic carbocycles. The fraction of sp³-hybridized carbons (Fsp3) is 0.800. The van der Waals surface area contributed by atoms with E-state index in [4.69, 9.17) is 15.2 Å². The predicted molar refractivity (Wildman–Crippen MR) is 103 cm³/mol. The van der Waals surface area contributed by atoms with Crippen molar-refractivity contribution in [2.75, 3.05) is 26.3 Å². The third kappa shape index (κ3) is 4.65. The van der Waals surface area contributed by atoms with Gasteiger partial charge in [-0.25, -0.2) is 9.86 Å². The van der Waals surface area contributed by atoms with Crippen molar-refractivity contribution in [3.05, 3.63) is 0 Å². The van der Waals surface area contributed by atoms with Crippen LogP contribution in [0.15, 0.2) is 0 Å². The first-order valence-electron chi connectivity index (χ1n) is 10.8. The highest BCUT2D eigenvalue weighted by atomic mass is 16.6. The number of carbonyl (C=O) groups excluding carboxylic acids is 4. The zero-order valence-corrected chi connectivity index (χ0v) is 17.2. The molecule has 0 aromatic heterocycles. The highest BCUT2D eigenvalue weighted by Gasteiger charge is 2.60. The van der Waals surface area contributed by atoms with Gasteiger partial charge in [0.2, 0.25) is 6.41 Å². The first-order chi connectivity index (χ1) is 14.4. The highest BCUT2D eigenvalue weighted by molar-refractivity contribution is 5.90. The summed E-state index contributed by atoms with van der Waals surface area (Å²) in [5.41, 5.74) is 5.59. The predicted octanol–water partition coefficient (Wildman–Crippen LogP) is 0.947. The third-order valence-corrected chi connectivity index (χ3v) is 6.69. The molecule has 4 amide bonds. The van der Waals surface area contributed by atoms with Gasteiger partial charge in [0, 0.05) is 19.3 Å². The summed E-state index contributed by atoms with van der Waals surface area (Å²) >= 11 is 0. The summed E-state index contributed by atoms with van der Waals surface area (Å²) in [5, 5.41) is 10.2. The second-order valence-corrected chi connectivity index (χ2v) is 8.67. The van der Waals surface area contributed by atoms with Gasteiger partial charge in [-0.15, -0.1) is 4.48 Å². The van der Waals surface area contributed by atoms with Crippen LogP contribution in [0.2, 0.25) is 0 Å². The third-order valence-electron chi connectivity index (χ3n) is 6.69. The topological polar surface area (TPSA) is 136 Å². The number of carbonyl (C=O) groups is 4. The van der Waals surface area contributed by atoms with Crippen LogP contribution < -0.4 is 5.73 Å². The lowest BCUT2D eigenvalue weighted by Crippen LogP contribution is -2.66. The van der Waals surface area contributed by atoms with E-state index in [0.717, 1.165) is 25.7 Å². The molecule has 2 heterocycles. The van der Waals surface area contributed by atoms with Gasteiger partial charge in [-0.3, -0.25) is 14.8 Å². The molecule has 2 aliphatic heterocycles. The summed E-state index contributed by atoms with van der Waals surface area (Å²) in [4.78, 5) is 50.3. The molecule has 1 unspecified atom stereocenters. The lowest BCUT2D eigenvalue weighted by atomic mass is 9.91. The Morgan fingerprint density at radius 1 is 1.20 bits per heavy atom. The van der Waals surface area contributed by atoms with Crippen LogP contribution in [0, 0.1) is 11.8 Å². The van der Waals surface area contributed by atoms with E-state index in [2.05, 4.69) is 0 Å². The molecule has 30 heavy (non-hydrogen) atoms. The minimum Gasteiger partial charge on any atom is -0.414 e. The molecule has 4 atom stereocenters. The van der Waals surface area contributed by atoms with Crippen molar-refractivity contribution in [3.8, 4) is 0 Å². The van der Waals surface area contributed by atoms with Crippen molar-refractivity contribution in [1.82, 2.24) is 5.06 Å². The summed E-state index contributed by atoms with van der Waals surface area (Å²) in [6, 6.07) is -1.01. The molecular weight excluding hydrogens is 394 g/mol. The molecule has 3 rings (SSSR count). The molecule has 0 bridgehead atoms. The maximum Gasteiger partial charge on any atom is 0.524 e. The number of amides is 4. The lowest BCUT2D eigenvalue weighted by molar-refractivity contribution is -0.787. The lowest BCUT2D eigenvalue weighted by Gasteiger charge is -2.35. The van der Waals surface area contributed by atoms with Crippen molar-refractivity contribution < 1.29 is 38.3 Å². The average molecular weight is 426 g/mol. The molecule has 0 radical (unpaired) electrons. The zero-order valence-electron chi connectivity index (χ0n) is 17.2. The monoisotopic (exact) mass is 426 g/mol. The molecule has 1 saturated carbocycles. The van der Waals surface area contributed by atoms with Crippen LogP contribution in [-0.4, -0.2) is 77.5 Å². The minimum atomic E-state index is -1.01. The quantitative estimate of drug-likeness (QED) is 0.255. The second-order valence-electron chi connectivity index (χ2n) is 8.67. The molecule has 10 heteroatoms. The maximum atomic E-state index is 13.8. The number of hydrogen-bond acceptors (Lipinski definition) is 7. The van der Waals surface area contributed by atoms with Gasteiger partial charge >= 0.3 is 12.0 Å². The Labute approximate surface area is 175 Å². The first kappa shape index (κ1) is 22.6. The Balaban J connectivity index is 1.89. The smallest absolute Gasteiger partial charge is 0.414 e. The standard InChI is InChI=1S/C20H31N3O7/c21-18(25)17-6-3-8-23(17,20(27)30-16-7-9-29-12-16)19(26)15(11-22(28)13-24)10-14-4-1-2-5-14/h13-17,28H,1-12H2,(H-,21,25)/p+1/t15-,16-,17+,23?/m1/s1. The molecule has 0 aromatic rings. The van der Waals surface area contributed by atoms with Crippen LogP contribution in [0.3, 0.4) is 0 Å². The van der Waals surface area contributed by atoms with Crippen molar-refractivity contribution in [2.45, 2.75) is 63.5 Å². The number of ether oxygens (including phenoxy) is 2. The number of rotatable bonds is 8. The minimum absolute atomic E-state index is 0.118. The van der Waals surface area contributed by atoms with Crippen LogP contribution in [0.4, 0.5) is 4.79 Å². The van der Waals surface area contributed by atoms with E-state index in [-0.39, 0.29) is 32.0 Å². The summed E-state index contributed by atoms with van der Waals surface area (Å²) < 4.78 is 10.0. The van der Waals surface area contributed by atoms with Crippen molar-refractivity contribution in [3.63, 3.8) is 0 Å². The van der Waals surface area contributed by atoms with Crippen LogP contribution in [-0.2, 0) is 23.9 Å². The molecule has 2 saturated heterocycles. The Hall–Kier alpha value is -2.04. The SMILES string of the molecule is NC(=O)[C@@H]1CCC[N+]1(C(=O)O[C@@H]1CCOC1)C(=O)[C@H](CC1CCCC1)CN(O)C=O. The first-order valence-corrected chi connectivity index (χ1v) is 10.8. The van der Waals surface area contributed by atoms with Crippen LogP contribution >= 0.6 is 0 Å². The van der Waals surface area contributed by atoms with Gasteiger partial charge in [0.15, 0.2) is 6.04 Å². The Kier molecular flexibility index (Phi) is 7.43. The molecule has 3 aliphatic rings. The Morgan fingerprint density at radius 2 is 1.93 bits per heavy atom. The number of quaternary nitrogens is 1. The molecule has 168 valence electrons. The fourth-order valence-corrected chi connectivity index (χ4v) is 5.18. The number of nitrogens with two attached hydrogens (primary N) is 1. The Morgan fingerprint density at radius 3 is 2.53 bits per heavy atom. The highest BCUT2D eigenvalue weighted by Crippen LogP contribution is 2.36. The van der Waals surface area contributed by atoms with Gasteiger partial charge in [0.25, 0.3) is 5.91 Å². The van der Waals surface area contributed by atoms with Crippen molar-refractivity contribution >= 4 is 24.3 Å². The molecule has 0 spiro atoms. The molecule has 3 fully saturated rings. The van der Waals surface area contributed by atoms with E-state index in [9.17, 15) is 24.4 Å². The molecule has 10 nitrogen and oxygen atoms in total. The normalized spacial score (nSPS) is 30.2. The van der Waals surface area contributed by atoms with Gasteiger partial charge in [-0.2, -0.15) is 4.79 Å². The summed E-state index contributed by atoms with van der Waals surface area (Å²) in [5.74, 6) is -1.76. The molecule has 3 N–H and O–H groups in total. The van der Waals surface area contributed by atoms with Gasteiger partial charge < -0.3 is 15.2 Å². The fourth-order valence-electron chi connectivity index (χ4n) is 5.18. The van der Waals surface area contributed by atoms with Crippen molar-refractivity contribution in [1.29, 1.82) is 0 Å². The molecule has 0 aromatic carbocycles. The van der Waals surface area contributed by atoms with Crippen LogP contribution in [0.5, 0.6) is 0 Å². The zero-order chi connectivity index (χ0) is 21.7. The summed E-state index contributed by atoms with van der Waals surface area (Å²) in [7, 11) is 0. The largest absolute Gasteiger partial charge is 0.524 e. The molecular formula is C20H32N3O7+. The van der Waals surface area contributed by atoms with Gasteiger partial charge in [0.1, 0.15) is 6.10 Å². The van der Waals surface area contributed by atoms with Crippen LogP contribution in [0.1, 0.15) is 51.4 Å². The second kappa shape index (κ2) is 9.84. The number of imide groups is 1. The van der Waals surface area contributed by atoms with Gasteiger partial charge in [-0.1, -0.05) is 25.7 Å². The van der Waals surface area contributed by atoms with Crippen LogP contribution in [0.25, 0.3) is 0 Å². The number of hydroxylamine groups is 2. The van der Waals surface area contributed by atoms with E-state index < -0.39 is 40.5 Å². The summed E-state index contributed by atoms with van der Waals surface area (Å²) in [6.07, 6.45) is 4.78. The summed E-state index contributed by atoms with van der Waals surface area (Å²) in [6.45, 7) is 0.604. The number of nitrogens with zero attached hydrogens (tertiary/aromatic N) is 2. The Bertz CT molecular complexity index is 661. The van der Waals surface area contributed by atoms with E-state index in [1.807, 2.05) is 0 Å². The maximum absolute atomic E-state index is 13.8. The van der Waals surface area contributed by atoms with Gasteiger partial charge in [-0.05, 0) is 12.3 Å².